The predicted octanol–water partition coefficient (Wildman–Crippen LogP) is 2.83. The summed E-state index contributed by atoms with van der Waals surface area (Å²) < 4.78 is 7.41. The zero-order valence-corrected chi connectivity index (χ0v) is 12.7. The second-order valence-corrected chi connectivity index (χ2v) is 5.06. The number of hydrogen-bond donors (Lipinski definition) is 1. The summed E-state index contributed by atoms with van der Waals surface area (Å²) >= 11 is 0. The Kier molecular flexibility index (Phi) is 4.98. The number of hydrogen-bond acceptors (Lipinski definition) is 3. The van der Waals surface area contributed by atoms with Gasteiger partial charge in [-0.05, 0) is 31.4 Å². The van der Waals surface area contributed by atoms with Crippen molar-refractivity contribution in [1.29, 1.82) is 0 Å². The average Bonchev–Trinajstić information content (AvgIpc) is 2.83. The molecule has 1 amide bonds. The maximum absolute atomic E-state index is 11.8. The molecule has 0 atom stereocenters. The standard InChI is InChI=1S/C16H21N3O2/c1-12-6-4-7-13(2)16(12)21-11-5-8-15(20)18-14-9-10-17-19(14)3/h4,6-7,9-10H,5,8,11H2,1-3H3,(H,18,20). The van der Waals surface area contributed by atoms with E-state index in [-0.39, 0.29) is 5.91 Å². The van der Waals surface area contributed by atoms with Gasteiger partial charge in [-0.2, -0.15) is 5.10 Å². The Labute approximate surface area is 124 Å². The highest BCUT2D eigenvalue weighted by molar-refractivity contribution is 5.89. The molecule has 0 spiro atoms. The Balaban J connectivity index is 1.75. The summed E-state index contributed by atoms with van der Waals surface area (Å²) in [5, 5.41) is 6.82. The molecule has 5 nitrogen and oxygen atoms in total. The first kappa shape index (κ1) is 15.1. The van der Waals surface area contributed by atoms with Crippen LogP contribution in [0.5, 0.6) is 5.75 Å². The molecule has 0 bridgehead atoms. The molecule has 5 heteroatoms. The summed E-state index contributed by atoms with van der Waals surface area (Å²) in [4.78, 5) is 11.8. The van der Waals surface area contributed by atoms with Crippen LogP contribution in [-0.2, 0) is 11.8 Å². The highest BCUT2D eigenvalue weighted by Crippen LogP contribution is 2.22. The zero-order valence-electron chi connectivity index (χ0n) is 12.7. The van der Waals surface area contributed by atoms with Gasteiger partial charge in [0.1, 0.15) is 11.6 Å². The van der Waals surface area contributed by atoms with Crippen LogP contribution in [0.3, 0.4) is 0 Å². The van der Waals surface area contributed by atoms with Crippen LogP contribution in [0.2, 0.25) is 0 Å². The van der Waals surface area contributed by atoms with Crippen molar-refractivity contribution < 1.29 is 9.53 Å². The number of nitrogens with one attached hydrogen (secondary N) is 1. The molecule has 1 heterocycles. The summed E-state index contributed by atoms with van der Waals surface area (Å²) in [7, 11) is 1.79. The summed E-state index contributed by atoms with van der Waals surface area (Å²) in [5.74, 6) is 1.60. The van der Waals surface area contributed by atoms with Gasteiger partial charge in [-0.3, -0.25) is 9.48 Å². The van der Waals surface area contributed by atoms with Crippen molar-refractivity contribution >= 4 is 11.7 Å². The van der Waals surface area contributed by atoms with Crippen molar-refractivity contribution in [2.75, 3.05) is 11.9 Å². The molecular formula is C16H21N3O2. The van der Waals surface area contributed by atoms with Crippen LogP contribution in [0.15, 0.2) is 30.5 Å². The number of para-hydroxylation sites is 1. The monoisotopic (exact) mass is 287 g/mol. The van der Waals surface area contributed by atoms with Crippen molar-refractivity contribution in [3.63, 3.8) is 0 Å². The fourth-order valence-electron chi connectivity index (χ4n) is 2.14. The summed E-state index contributed by atoms with van der Waals surface area (Å²) in [6.45, 7) is 4.58. The SMILES string of the molecule is Cc1cccc(C)c1OCCCC(=O)Nc1ccnn1C. The maximum atomic E-state index is 11.8. The summed E-state index contributed by atoms with van der Waals surface area (Å²) in [6, 6.07) is 7.83. The van der Waals surface area contributed by atoms with E-state index in [1.807, 2.05) is 32.0 Å². The van der Waals surface area contributed by atoms with E-state index in [1.54, 1.807) is 24.0 Å². The smallest absolute Gasteiger partial charge is 0.225 e. The molecular weight excluding hydrogens is 266 g/mol. The number of anilines is 1. The van der Waals surface area contributed by atoms with Crippen molar-refractivity contribution in [1.82, 2.24) is 9.78 Å². The van der Waals surface area contributed by atoms with Gasteiger partial charge in [0.05, 0.1) is 12.8 Å². The Morgan fingerprint density at radius 1 is 1.29 bits per heavy atom. The van der Waals surface area contributed by atoms with E-state index in [0.29, 0.717) is 25.3 Å². The Hall–Kier alpha value is -2.30. The van der Waals surface area contributed by atoms with Gasteiger partial charge in [0.25, 0.3) is 0 Å². The van der Waals surface area contributed by atoms with Crippen LogP contribution in [0.1, 0.15) is 24.0 Å². The summed E-state index contributed by atoms with van der Waals surface area (Å²) in [5.41, 5.74) is 2.24. The van der Waals surface area contributed by atoms with Crippen molar-refractivity contribution in [2.24, 2.45) is 7.05 Å². The van der Waals surface area contributed by atoms with E-state index < -0.39 is 0 Å². The first-order chi connectivity index (χ1) is 10.1. The number of rotatable bonds is 6. The minimum atomic E-state index is -0.0243. The first-order valence-electron chi connectivity index (χ1n) is 7.05. The van der Waals surface area contributed by atoms with E-state index in [0.717, 1.165) is 16.9 Å². The molecule has 1 aromatic heterocycles. The number of nitrogens with zero attached hydrogens (tertiary/aromatic N) is 2. The van der Waals surface area contributed by atoms with Crippen LogP contribution < -0.4 is 10.1 Å². The molecule has 0 aliphatic carbocycles. The highest BCUT2D eigenvalue weighted by atomic mass is 16.5. The van der Waals surface area contributed by atoms with Crippen molar-refractivity contribution in [3.05, 3.63) is 41.6 Å². The molecule has 0 fully saturated rings. The third-order valence-electron chi connectivity index (χ3n) is 3.29. The van der Waals surface area contributed by atoms with Gasteiger partial charge >= 0.3 is 0 Å². The molecule has 0 saturated carbocycles. The number of carbonyl (C=O) groups is 1. The van der Waals surface area contributed by atoms with Gasteiger partial charge in [-0.1, -0.05) is 18.2 Å². The second-order valence-electron chi connectivity index (χ2n) is 5.06. The van der Waals surface area contributed by atoms with E-state index in [2.05, 4.69) is 10.4 Å². The van der Waals surface area contributed by atoms with Crippen LogP contribution in [0, 0.1) is 13.8 Å². The minimum absolute atomic E-state index is 0.0243. The lowest BCUT2D eigenvalue weighted by Crippen LogP contribution is -2.15. The fraction of sp³-hybridized carbons (Fsp3) is 0.375. The number of ether oxygens (including phenoxy) is 1. The van der Waals surface area contributed by atoms with Crippen LogP contribution >= 0.6 is 0 Å². The Morgan fingerprint density at radius 3 is 2.62 bits per heavy atom. The van der Waals surface area contributed by atoms with Crippen molar-refractivity contribution in [3.8, 4) is 5.75 Å². The van der Waals surface area contributed by atoms with Crippen LogP contribution in [0.4, 0.5) is 5.82 Å². The molecule has 0 radical (unpaired) electrons. The highest BCUT2D eigenvalue weighted by Gasteiger charge is 2.06. The van der Waals surface area contributed by atoms with Gasteiger partial charge in [0, 0.05) is 19.5 Å². The predicted molar refractivity (Wildman–Crippen MR) is 82.5 cm³/mol. The van der Waals surface area contributed by atoms with Gasteiger partial charge in [-0.25, -0.2) is 0 Å². The fourth-order valence-corrected chi connectivity index (χ4v) is 2.14. The normalized spacial score (nSPS) is 10.4. The molecule has 1 N–H and O–H groups in total. The quantitative estimate of drug-likeness (QED) is 0.831. The molecule has 112 valence electrons. The second kappa shape index (κ2) is 6.92. The average molecular weight is 287 g/mol. The number of aromatic nitrogens is 2. The molecule has 0 unspecified atom stereocenters. The largest absolute Gasteiger partial charge is 0.493 e. The molecule has 0 saturated heterocycles. The molecule has 2 rings (SSSR count). The Morgan fingerprint density at radius 2 is 2.00 bits per heavy atom. The minimum Gasteiger partial charge on any atom is -0.493 e. The van der Waals surface area contributed by atoms with Crippen LogP contribution in [0.25, 0.3) is 0 Å². The Bertz CT molecular complexity index is 599. The van der Waals surface area contributed by atoms with E-state index in [4.69, 9.17) is 4.74 Å². The zero-order chi connectivity index (χ0) is 15.2. The lowest BCUT2D eigenvalue weighted by Gasteiger charge is -2.11. The van der Waals surface area contributed by atoms with E-state index in [1.165, 1.54) is 0 Å². The molecule has 0 aliphatic heterocycles. The van der Waals surface area contributed by atoms with Crippen LogP contribution in [-0.4, -0.2) is 22.3 Å². The third-order valence-corrected chi connectivity index (χ3v) is 3.29. The maximum Gasteiger partial charge on any atom is 0.225 e. The molecule has 0 aliphatic rings. The number of amides is 1. The number of carbonyl (C=O) groups excluding carboxylic acids is 1. The van der Waals surface area contributed by atoms with E-state index in [9.17, 15) is 4.79 Å². The number of aryl methyl sites for hydroxylation is 3. The first-order valence-corrected chi connectivity index (χ1v) is 7.05. The topological polar surface area (TPSA) is 56.1 Å². The molecule has 21 heavy (non-hydrogen) atoms. The lowest BCUT2D eigenvalue weighted by atomic mass is 10.1. The van der Waals surface area contributed by atoms with Gasteiger partial charge in [0.15, 0.2) is 0 Å². The van der Waals surface area contributed by atoms with Gasteiger partial charge in [-0.15, -0.1) is 0 Å². The van der Waals surface area contributed by atoms with E-state index >= 15 is 0 Å². The van der Waals surface area contributed by atoms with Crippen molar-refractivity contribution in [2.45, 2.75) is 26.7 Å². The lowest BCUT2D eigenvalue weighted by molar-refractivity contribution is -0.116. The van der Waals surface area contributed by atoms with Gasteiger partial charge < -0.3 is 10.1 Å². The summed E-state index contributed by atoms with van der Waals surface area (Å²) in [6.07, 6.45) is 2.76. The number of benzene rings is 1. The molecule has 2 aromatic rings. The van der Waals surface area contributed by atoms with Gasteiger partial charge in [0.2, 0.25) is 5.91 Å². The third kappa shape index (κ3) is 4.08. The molecule has 1 aromatic carbocycles.